The summed E-state index contributed by atoms with van der Waals surface area (Å²) in [5, 5.41) is 13.4. The van der Waals surface area contributed by atoms with E-state index in [4.69, 9.17) is 11.6 Å². The van der Waals surface area contributed by atoms with Crippen molar-refractivity contribution in [1.29, 1.82) is 0 Å². The van der Waals surface area contributed by atoms with Gasteiger partial charge in [0.05, 0.1) is 12.7 Å². The number of halogens is 2. The highest BCUT2D eigenvalue weighted by Gasteiger charge is 2.14. The molecule has 0 spiro atoms. The first kappa shape index (κ1) is 17.5. The Morgan fingerprint density at radius 3 is 2.48 bits per heavy atom. The van der Waals surface area contributed by atoms with Gasteiger partial charge in [-0.3, -0.25) is 4.79 Å². The van der Waals surface area contributed by atoms with E-state index in [-0.39, 0.29) is 16.9 Å². The van der Waals surface area contributed by atoms with E-state index < -0.39 is 0 Å². The first-order valence-electron chi connectivity index (χ1n) is 8.84. The average molecular weight is 406 g/mol. The van der Waals surface area contributed by atoms with Crippen molar-refractivity contribution in [1.82, 2.24) is 24.4 Å². The topological polar surface area (TPSA) is 65.1 Å². The van der Waals surface area contributed by atoms with Gasteiger partial charge >= 0.3 is 0 Å². The zero-order valence-corrected chi connectivity index (χ0v) is 15.7. The molecule has 0 aliphatic carbocycles. The lowest BCUT2D eigenvalue weighted by Crippen LogP contribution is -2.22. The van der Waals surface area contributed by atoms with Gasteiger partial charge in [-0.2, -0.15) is 5.10 Å². The standard InChI is InChI=1S/C21H13ClFN5O/c22-15-5-1-13(2-6-15)12-27-10-9-18-19(21(27)29)25-26-20-17(11-24-28(18)20)14-3-7-16(23)8-4-14/h1-11H,12H2. The molecule has 0 saturated heterocycles. The summed E-state index contributed by atoms with van der Waals surface area (Å²) in [5.74, 6) is -0.317. The van der Waals surface area contributed by atoms with Gasteiger partial charge in [0.25, 0.3) is 5.56 Å². The Morgan fingerprint density at radius 2 is 1.72 bits per heavy atom. The fourth-order valence-electron chi connectivity index (χ4n) is 3.27. The van der Waals surface area contributed by atoms with E-state index in [1.807, 2.05) is 12.1 Å². The largest absolute Gasteiger partial charge is 0.309 e. The number of hydrogen-bond donors (Lipinski definition) is 0. The Balaban J connectivity index is 1.61. The fourth-order valence-corrected chi connectivity index (χ4v) is 3.40. The predicted octanol–water partition coefficient (Wildman–Crippen LogP) is 3.95. The second-order valence-electron chi connectivity index (χ2n) is 6.61. The number of benzene rings is 2. The van der Waals surface area contributed by atoms with Gasteiger partial charge in [0.15, 0.2) is 11.2 Å². The summed E-state index contributed by atoms with van der Waals surface area (Å²) in [5.41, 5.74) is 3.45. The lowest BCUT2D eigenvalue weighted by Gasteiger charge is -2.08. The molecule has 0 aliphatic heterocycles. The molecule has 5 aromatic rings. The minimum absolute atomic E-state index is 0.225. The molecular formula is C21H13ClFN5O. The maximum absolute atomic E-state index is 13.2. The molecule has 0 atom stereocenters. The van der Waals surface area contributed by atoms with Crippen molar-refractivity contribution in [3.63, 3.8) is 0 Å². The van der Waals surface area contributed by atoms with E-state index >= 15 is 0 Å². The summed E-state index contributed by atoms with van der Waals surface area (Å²) >= 11 is 5.92. The van der Waals surface area contributed by atoms with Crippen LogP contribution in [-0.2, 0) is 6.54 Å². The molecule has 3 heterocycles. The van der Waals surface area contributed by atoms with Gasteiger partial charge in [0.1, 0.15) is 11.3 Å². The average Bonchev–Trinajstić information content (AvgIpc) is 3.17. The van der Waals surface area contributed by atoms with Crippen LogP contribution in [0.3, 0.4) is 0 Å². The Kier molecular flexibility index (Phi) is 4.10. The van der Waals surface area contributed by atoms with Gasteiger partial charge in [-0.05, 0) is 41.5 Å². The fraction of sp³-hybridized carbons (Fsp3) is 0.0476. The highest BCUT2D eigenvalue weighted by molar-refractivity contribution is 6.30. The molecular weight excluding hydrogens is 393 g/mol. The molecule has 0 amide bonds. The van der Waals surface area contributed by atoms with Crippen LogP contribution in [0.2, 0.25) is 5.02 Å². The van der Waals surface area contributed by atoms with Crippen LogP contribution >= 0.6 is 11.6 Å². The second kappa shape index (κ2) is 6.79. The third-order valence-electron chi connectivity index (χ3n) is 4.76. The lowest BCUT2D eigenvalue weighted by atomic mass is 10.1. The van der Waals surface area contributed by atoms with Crippen molar-refractivity contribution in [2.24, 2.45) is 0 Å². The normalized spacial score (nSPS) is 11.4. The van der Waals surface area contributed by atoms with Gasteiger partial charge < -0.3 is 4.57 Å². The van der Waals surface area contributed by atoms with Gasteiger partial charge in [0, 0.05) is 16.8 Å². The summed E-state index contributed by atoms with van der Waals surface area (Å²) in [4.78, 5) is 12.9. The van der Waals surface area contributed by atoms with E-state index in [2.05, 4.69) is 15.3 Å². The van der Waals surface area contributed by atoms with Crippen LogP contribution in [0.15, 0.2) is 71.8 Å². The molecule has 5 rings (SSSR count). The van der Waals surface area contributed by atoms with Gasteiger partial charge in [-0.1, -0.05) is 35.9 Å². The zero-order valence-electron chi connectivity index (χ0n) is 15.0. The molecule has 0 N–H and O–H groups in total. The van der Waals surface area contributed by atoms with Crippen molar-refractivity contribution in [2.75, 3.05) is 0 Å². The maximum atomic E-state index is 13.2. The minimum Gasteiger partial charge on any atom is -0.309 e. The van der Waals surface area contributed by atoms with Crippen molar-refractivity contribution in [3.05, 3.63) is 93.7 Å². The van der Waals surface area contributed by atoms with Crippen molar-refractivity contribution in [2.45, 2.75) is 6.54 Å². The molecule has 29 heavy (non-hydrogen) atoms. The van der Waals surface area contributed by atoms with E-state index in [0.29, 0.717) is 28.3 Å². The quantitative estimate of drug-likeness (QED) is 0.456. The molecule has 8 heteroatoms. The zero-order chi connectivity index (χ0) is 20.0. The number of aromatic nitrogens is 5. The van der Waals surface area contributed by atoms with Crippen LogP contribution < -0.4 is 5.56 Å². The second-order valence-corrected chi connectivity index (χ2v) is 7.05. The van der Waals surface area contributed by atoms with E-state index in [1.165, 1.54) is 12.1 Å². The van der Waals surface area contributed by atoms with E-state index in [9.17, 15) is 9.18 Å². The molecule has 3 aromatic heterocycles. The van der Waals surface area contributed by atoms with Crippen molar-refractivity contribution >= 4 is 28.3 Å². The molecule has 0 unspecified atom stereocenters. The van der Waals surface area contributed by atoms with Gasteiger partial charge in [-0.25, -0.2) is 8.91 Å². The highest BCUT2D eigenvalue weighted by atomic mass is 35.5. The third kappa shape index (κ3) is 3.05. The molecule has 0 fully saturated rings. The summed E-state index contributed by atoms with van der Waals surface area (Å²) < 4.78 is 16.4. The molecule has 0 saturated carbocycles. The smallest absolute Gasteiger partial charge is 0.280 e. The molecule has 2 aromatic carbocycles. The molecule has 6 nitrogen and oxygen atoms in total. The lowest BCUT2D eigenvalue weighted by molar-refractivity contribution is 0.628. The van der Waals surface area contributed by atoms with Crippen LogP contribution in [-0.4, -0.2) is 24.4 Å². The summed E-state index contributed by atoms with van der Waals surface area (Å²) in [6, 6.07) is 15.2. The number of nitrogens with zero attached hydrogens (tertiary/aromatic N) is 5. The highest BCUT2D eigenvalue weighted by Crippen LogP contribution is 2.24. The summed E-state index contributed by atoms with van der Waals surface area (Å²) in [6.45, 7) is 0.394. The van der Waals surface area contributed by atoms with Crippen LogP contribution in [0.4, 0.5) is 4.39 Å². The monoisotopic (exact) mass is 405 g/mol. The van der Waals surface area contributed by atoms with E-state index in [1.54, 1.807) is 51.8 Å². The Morgan fingerprint density at radius 1 is 0.966 bits per heavy atom. The van der Waals surface area contributed by atoms with Crippen LogP contribution in [0.25, 0.3) is 27.8 Å². The third-order valence-corrected chi connectivity index (χ3v) is 5.01. The van der Waals surface area contributed by atoms with Crippen molar-refractivity contribution < 1.29 is 4.39 Å². The maximum Gasteiger partial charge on any atom is 0.280 e. The predicted molar refractivity (Wildman–Crippen MR) is 108 cm³/mol. The first-order chi connectivity index (χ1) is 14.1. The Hall–Kier alpha value is -3.58. The minimum atomic E-state index is -0.317. The van der Waals surface area contributed by atoms with Crippen LogP contribution in [0, 0.1) is 5.82 Å². The SMILES string of the molecule is O=c1c2nnc3c(-c4ccc(F)cc4)cnn3c2ccn1Cc1ccc(Cl)cc1. The summed E-state index contributed by atoms with van der Waals surface area (Å²) in [6.07, 6.45) is 3.34. The number of pyridine rings is 1. The molecule has 0 bridgehead atoms. The number of hydrogen-bond acceptors (Lipinski definition) is 4. The van der Waals surface area contributed by atoms with Crippen molar-refractivity contribution in [3.8, 4) is 11.1 Å². The van der Waals surface area contributed by atoms with E-state index in [0.717, 1.165) is 11.1 Å². The Bertz CT molecular complexity index is 1410. The summed E-state index contributed by atoms with van der Waals surface area (Å²) in [7, 11) is 0. The number of fused-ring (bicyclic) bond motifs is 3. The number of rotatable bonds is 3. The van der Waals surface area contributed by atoms with Gasteiger partial charge in [0.2, 0.25) is 0 Å². The van der Waals surface area contributed by atoms with Crippen LogP contribution in [0.1, 0.15) is 5.56 Å². The van der Waals surface area contributed by atoms with Crippen LogP contribution in [0.5, 0.6) is 0 Å². The molecule has 0 radical (unpaired) electrons. The molecule has 0 aliphatic rings. The molecule has 142 valence electrons. The Labute approximate surface area is 168 Å². The van der Waals surface area contributed by atoms with Gasteiger partial charge in [-0.15, -0.1) is 10.2 Å². The first-order valence-corrected chi connectivity index (χ1v) is 9.22.